The summed E-state index contributed by atoms with van der Waals surface area (Å²) in [6, 6.07) is 20.1. The van der Waals surface area contributed by atoms with Crippen LogP contribution in [0.25, 0.3) is 0 Å². The van der Waals surface area contributed by atoms with E-state index in [1.54, 1.807) is 30.3 Å². The SMILES string of the molecule is CC(C)(C)c1ccccc1NC(=O)c1ccc(Nc2cccc(C#N)c2)nn1. The molecule has 0 radical (unpaired) electrons. The van der Waals surface area contributed by atoms with Crippen LogP contribution in [0, 0.1) is 11.3 Å². The average Bonchev–Trinajstić information content (AvgIpc) is 2.68. The first-order valence-corrected chi connectivity index (χ1v) is 8.88. The molecule has 0 bridgehead atoms. The van der Waals surface area contributed by atoms with Crippen molar-refractivity contribution in [1.82, 2.24) is 10.2 Å². The van der Waals surface area contributed by atoms with Crippen LogP contribution in [-0.2, 0) is 5.41 Å². The van der Waals surface area contributed by atoms with Crippen molar-refractivity contribution in [1.29, 1.82) is 5.26 Å². The molecule has 0 atom stereocenters. The zero-order chi connectivity index (χ0) is 20.1. The molecule has 1 heterocycles. The number of nitrogens with one attached hydrogen (secondary N) is 2. The van der Waals surface area contributed by atoms with Crippen LogP contribution >= 0.6 is 0 Å². The lowest BCUT2D eigenvalue weighted by atomic mass is 9.86. The van der Waals surface area contributed by atoms with Gasteiger partial charge in [0.15, 0.2) is 11.5 Å². The Balaban J connectivity index is 1.73. The van der Waals surface area contributed by atoms with Gasteiger partial charge in [0, 0.05) is 11.4 Å². The van der Waals surface area contributed by atoms with Gasteiger partial charge in [0.1, 0.15) is 0 Å². The van der Waals surface area contributed by atoms with E-state index >= 15 is 0 Å². The fourth-order valence-corrected chi connectivity index (χ4v) is 2.77. The summed E-state index contributed by atoms with van der Waals surface area (Å²) in [5.41, 5.74) is 3.21. The Bertz CT molecular complexity index is 1030. The molecule has 0 unspecified atom stereocenters. The molecule has 2 N–H and O–H groups in total. The van der Waals surface area contributed by atoms with Crippen LogP contribution in [0.5, 0.6) is 0 Å². The third-order valence-corrected chi connectivity index (χ3v) is 4.14. The summed E-state index contributed by atoms with van der Waals surface area (Å²) in [7, 11) is 0. The maximum atomic E-state index is 12.6. The predicted octanol–water partition coefficient (Wildman–Crippen LogP) is 4.64. The van der Waals surface area contributed by atoms with E-state index in [0.717, 1.165) is 16.9 Å². The third kappa shape index (κ3) is 4.51. The molecule has 0 saturated heterocycles. The minimum atomic E-state index is -0.317. The molecule has 0 spiro atoms. The lowest BCUT2D eigenvalue weighted by Gasteiger charge is -2.22. The predicted molar refractivity (Wildman–Crippen MR) is 110 cm³/mol. The van der Waals surface area contributed by atoms with Crippen molar-refractivity contribution >= 4 is 23.1 Å². The number of anilines is 3. The fourth-order valence-electron chi connectivity index (χ4n) is 2.77. The first-order chi connectivity index (χ1) is 13.4. The summed E-state index contributed by atoms with van der Waals surface area (Å²) in [6.45, 7) is 6.29. The molecule has 140 valence electrons. The van der Waals surface area contributed by atoms with E-state index in [0.29, 0.717) is 11.4 Å². The van der Waals surface area contributed by atoms with Crippen molar-refractivity contribution < 1.29 is 4.79 Å². The molecule has 3 aromatic rings. The van der Waals surface area contributed by atoms with Gasteiger partial charge in [-0.15, -0.1) is 10.2 Å². The molecule has 6 nitrogen and oxygen atoms in total. The van der Waals surface area contributed by atoms with E-state index in [9.17, 15) is 4.79 Å². The van der Waals surface area contributed by atoms with Crippen molar-refractivity contribution in [3.8, 4) is 6.07 Å². The van der Waals surface area contributed by atoms with Gasteiger partial charge in [0.05, 0.1) is 11.6 Å². The van der Waals surface area contributed by atoms with Gasteiger partial charge in [-0.3, -0.25) is 4.79 Å². The van der Waals surface area contributed by atoms with Crippen molar-refractivity contribution in [3.05, 3.63) is 77.5 Å². The number of carbonyl (C=O) groups excluding carboxylic acids is 1. The Labute approximate surface area is 164 Å². The third-order valence-electron chi connectivity index (χ3n) is 4.14. The Hall–Kier alpha value is -3.72. The quantitative estimate of drug-likeness (QED) is 0.697. The molecule has 1 aromatic heterocycles. The lowest BCUT2D eigenvalue weighted by molar-refractivity contribution is 0.102. The highest BCUT2D eigenvalue weighted by Crippen LogP contribution is 2.29. The molecular weight excluding hydrogens is 350 g/mol. The molecule has 0 aliphatic rings. The van der Waals surface area contributed by atoms with Gasteiger partial charge in [-0.1, -0.05) is 45.0 Å². The lowest BCUT2D eigenvalue weighted by Crippen LogP contribution is -2.19. The molecule has 0 saturated carbocycles. The van der Waals surface area contributed by atoms with E-state index in [1.165, 1.54) is 0 Å². The Morgan fingerprint density at radius 2 is 1.79 bits per heavy atom. The highest BCUT2D eigenvalue weighted by Gasteiger charge is 2.19. The van der Waals surface area contributed by atoms with Gasteiger partial charge in [-0.25, -0.2) is 0 Å². The fraction of sp³-hybridized carbons (Fsp3) is 0.182. The molecule has 1 amide bonds. The van der Waals surface area contributed by atoms with E-state index in [2.05, 4.69) is 47.7 Å². The molecular formula is C22H21N5O. The summed E-state index contributed by atoms with van der Waals surface area (Å²) >= 11 is 0. The zero-order valence-electron chi connectivity index (χ0n) is 16.0. The van der Waals surface area contributed by atoms with E-state index in [-0.39, 0.29) is 17.0 Å². The Morgan fingerprint density at radius 1 is 1.00 bits per heavy atom. The first-order valence-electron chi connectivity index (χ1n) is 8.88. The molecule has 0 aliphatic heterocycles. The normalized spacial score (nSPS) is 10.8. The second-order valence-electron chi connectivity index (χ2n) is 7.37. The monoisotopic (exact) mass is 371 g/mol. The van der Waals surface area contributed by atoms with Gasteiger partial charge in [0.2, 0.25) is 0 Å². The number of nitrogens with zero attached hydrogens (tertiary/aromatic N) is 3. The number of aromatic nitrogens is 2. The Morgan fingerprint density at radius 3 is 2.46 bits per heavy atom. The van der Waals surface area contributed by atoms with Crippen LogP contribution in [0.3, 0.4) is 0 Å². The first kappa shape index (κ1) is 19.1. The van der Waals surface area contributed by atoms with E-state index in [4.69, 9.17) is 5.26 Å². The number of nitriles is 1. The number of hydrogen-bond donors (Lipinski definition) is 2. The molecule has 6 heteroatoms. The number of hydrogen-bond acceptors (Lipinski definition) is 5. The van der Waals surface area contributed by atoms with Crippen molar-refractivity contribution in [2.75, 3.05) is 10.6 Å². The highest BCUT2D eigenvalue weighted by atomic mass is 16.1. The van der Waals surface area contributed by atoms with Gasteiger partial charge >= 0.3 is 0 Å². The minimum absolute atomic E-state index is 0.0959. The van der Waals surface area contributed by atoms with E-state index in [1.807, 2.05) is 30.3 Å². The molecule has 0 fully saturated rings. The smallest absolute Gasteiger partial charge is 0.276 e. The molecule has 28 heavy (non-hydrogen) atoms. The maximum Gasteiger partial charge on any atom is 0.276 e. The van der Waals surface area contributed by atoms with Crippen molar-refractivity contribution in [3.63, 3.8) is 0 Å². The van der Waals surface area contributed by atoms with Crippen LogP contribution in [0.2, 0.25) is 0 Å². The summed E-state index contributed by atoms with van der Waals surface area (Å²) < 4.78 is 0. The zero-order valence-corrected chi connectivity index (χ0v) is 16.0. The van der Waals surface area contributed by atoms with Crippen LogP contribution in [0.1, 0.15) is 42.4 Å². The largest absolute Gasteiger partial charge is 0.339 e. The molecule has 0 aliphatic carbocycles. The van der Waals surface area contributed by atoms with Crippen LogP contribution in [0.15, 0.2) is 60.7 Å². The summed E-state index contributed by atoms with van der Waals surface area (Å²) in [5, 5.41) is 23.0. The number of amides is 1. The molecule has 2 aromatic carbocycles. The van der Waals surface area contributed by atoms with Gasteiger partial charge in [-0.2, -0.15) is 5.26 Å². The summed E-state index contributed by atoms with van der Waals surface area (Å²) in [4.78, 5) is 12.6. The van der Waals surface area contributed by atoms with Gasteiger partial charge in [-0.05, 0) is 47.4 Å². The summed E-state index contributed by atoms with van der Waals surface area (Å²) in [6.07, 6.45) is 0. The van der Waals surface area contributed by atoms with Gasteiger partial charge < -0.3 is 10.6 Å². The highest BCUT2D eigenvalue weighted by molar-refractivity contribution is 6.03. The second kappa shape index (κ2) is 7.89. The maximum absolute atomic E-state index is 12.6. The van der Waals surface area contributed by atoms with Crippen LogP contribution < -0.4 is 10.6 Å². The van der Waals surface area contributed by atoms with Crippen molar-refractivity contribution in [2.24, 2.45) is 0 Å². The van der Waals surface area contributed by atoms with Gasteiger partial charge in [0.25, 0.3) is 5.91 Å². The number of para-hydroxylation sites is 1. The number of benzene rings is 2. The topological polar surface area (TPSA) is 90.7 Å². The summed E-state index contributed by atoms with van der Waals surface area (Å²) in [5.74, 6) is 0.170. The van der Waals surface area contributed by atoms with E-state index < -0.39 is 0 Å². The molecule has 3 rings (SSSR count). The van der Waals surface area contributed by atoms with Crippen LogP contribution in [-0.4, -0.2) is 16.1 Å². The standard InChI is InChI=1S/C22H21N5O/c1-22(2,3)17-9-4-5-10-18(17)25-21(28)19-11-12-20(27-26-19)24-16-8-6-7-15(13-16)14-23/h4-13H,1-3H3,(H,24,27)(H,25,28). The number of carbonyl (C=O) groups is 1. The average molecular weight is 371 g/mol. The minimum Gasteiger partial charge on any atom is -0.339 e. The number of rotatable bonds is 4. The Kier molecular flexibility index (Phi) is 5.37. The second-order valence-corrected chi connectivity index (χ2v) is 7.37. The van der Waals surface area contributed by atoms with Crippen LogP contribution in [0.4, 0.5) is 17.2 Å². The van der Waals surface area contributed by atoms with Crippen molar-refractivity contribution in [2.45, 2.75) is 26.2 Å².